The SMILES string of the molecule is Cc1nc(-c2cccc(NS(=O)(=O)c3cc(Cl)cc(CO)c3F)c2F)c2c(N)nccn12. The molecule has 0 radical (unpaired) electrons. The van der Waals surface area contributed by atoms with Gasteiger partial charge < -0.3 is 10.8 Å². The van der Waals surface area contributed by atoms with Crippen molar-refractivity contribution in [1.82, 2.24) is 14.4 Å². The topological polar surface area (TPSA) is 123 Å². The quantitative estimate of drug-likeness (QED) is 0.402. The fourth-order valence-electron chi connectivity index (χ4n) is 3.32. The van der Waals surface area contributed by atoms with Crippen LogP contribution < -0.4 is 10.5 Å². The maximum Gasteiger partial charge on any atom is 0.264 e. The van der Waals surface area contributed by atoms with Crippen molar-refractivity contribution in [3.8, 4) is 11.3 Å². The van der Waals surface area contributed by atoms with E-state index in [4.69, 9.17) is 17.3 Å². The first-order chi connectivity index (χ1) is 15.1. The van der Waals surface area contributed by atoms with Crippen molar-refractivity contribution in [2.75, 3.05) is 10.5 Å². The van der Waals surface area contributed by atoms with Crippen molar-refractivity contribution < 1.29 is 22.3 Å². The Balaban J connectivity index is 1.83. The molecule has 0 saturated heterocycles. The molecule has 0 fully saturated rings. The van der Waals surface area contributed by atoms with Crippen LogP contribution in [-0.2, 0) is 16.6 Å². The van der Waals surface area contributed by atoms with E-state index < -0.39 is 38.8 Å². The summed E-state index contributed by atoms with van der Waals surface area (Å²) in [5.41, 5.74) is 5.70. The van der Waals surface area contributed by atoms with Crippen LogP contribution in [0, 0.1) is 18.6 Å². The molecule has 0 atom stereocenters. The summed E-state index contributed by atoms with van der Waals surface area (Å²) in [6.45, 7) is 0.933. The van der Waals surface area contributed by atoms with Gasteiger partial charge in [-0.15, -0.1) is 0 Å². The number of aliphatic hydroxyl groups excluding tert-OH is 1. The number of nitrogens with two attached hydrogens (primary N) is 1. The van der Waals surface area contributed by atoms with Crippen LogP contribution >= 0.6 is 11.6 Å². The van der Waals surface area contributed by atoms with Crippen LogP contribution in [0.2, 0.25) is 5.02 Å². The lowest BCUT2D eigenvalue weighted by Gasteiger charge is -2.13. The second-order valence-corrected chi connectivity index (χ2v) is 8.93. The van der Waals surface area contributed by atoms with Crippen molar-refractivity contribution in [3.63, 3.8) is 0 Å². The number of halogens is 3. The van der Waals surface area contributed by atoms with E-state index in [1.54, 1.807) is 17.5 Å². The largest absolute Gasteiger partial charge is 0.392 e. The van der Waals surface area contributed by atoms with Gasteiger partial charge in [0.15, 0.2) is 5.82 Å². The number of nitrogen functional groups attached to an aromatic ring is 1. The van der Waals surface area contributed by atoms with Gasteiger partial charge in [0.05, 0.1) is 12.3 Å². The summed E-state index contributed by atoms with van der Waals surface area (Å²) in [6.07, 6.45) is 3.09. The minimum atomic E-state index is -4.59. The van der Waals surface area contributed by atoms with Gasteiger partial charge in [0.2, 0.25) is 0 Å². The van der Waals surface area contributed by atoms with Gasteiger partial charge in [-0.25, -0.2) is 27.2 Å². The fourth-order valence-corrected chi connectivity index (χ4v) is 4.83. The zero-order valence-corrected chi connectivity index (χ0v) is 18.0. The molecule has 0 aliphatic heterocycles. The van der Waals surface area contributed by atoms with Crippen LogP contribution in [0.5, 0.6) is 0 Å². The number of fused-ring (bicyclic) bond motifs is 1. The summed E-state index contributed by atoms with van der Waals surface area (Å²) in [6, 6.07) is 5.97. The van der Waals surface area contributed by atoms with E-state index in [1.807, 2.05) is 4.72 Å². The predicted octanol–water partition coefficient (Wildman–Crippen LogP) is 3.51. The number of nitrogens with zero attached hydrogens (tertiary/aromatic N) is 3. The molecule has 0 saturated carbocycles. The molecule has 0 amide bonds. The lowest BCUT2D eigenvalue weighted by molar-refractivity contribution is 0.274. The molecular formula is C20H16ClF2N5O3S. The number of aromatic nitrogens is 3. The molecule has 0 unspecified atom stereocenters. The molecule has 8 nitrogen and oxygen atoms in total. The normalized spacial score (nSPS) is 11.8. The van der Waals surface area contributed by atoms with E-state index in [0.717, 1.165) is 12.1 Å². The molecule has 0 aliphatic rings. The van der Waals surface area contributed by atoms with Gasteiger partial charge in [-0.2, -0.15) is 0 Å². The van der Waals surface area contributed by atoms with Gasteiger partial charge in [-0.3, -0.25) is 9.12 Å². The summed E-state index contributed by atoms with van der Waals surface area (Å²) in [7, 11) is -4.59. The predicted molar refractivity (Wildman–Crippen MR) is 116 cm³/mol. The van der Waals surface area contributed by atoms with E-state index in [9.17, 15) is 17.9 Å². The fraction of sp³-hybridized carbons (Fsp3) is 0.100. The zero-order chi connectivity index (χ0) is 23.2. The molecule has 2 aromatic heterocycles. The van der Waals surface area contributed by atoms with Crippen LogP contribution in [0.15, 0.2) is 47.6 Å². The van der Waals surface area contributed by atoms with Crippen molar-refractivity contribution >= 4 is 38.6 Å². The highest BCUT2D eigenvalue weighted by Gasteiger charge is 2.25. The average molecular weight is 480 g/mol. The number of imidazole rings is 1. The smallest absolute Gasteiger partial charge is 0.264 e. The number of sulfonamides is 1. The summed E-state index contributed by atoms with van der Waals surface area (Å²) in [5.74, 6) is -1.49. The molecule has 32 heavy (non-hydrogen) atoms. The van der Waals surface area contributed by atoms with Crippen LogP contribution in [0.3, 0.4) is 0 Å². The monoisotopic (exact) mass is 479 g/mol. The maximum atomic E-state index is 15.4. The van der Waals surface area contributed by atoms with Crippen LogP contribution in [0.25, 0.3) is 16.8 Å². The van der Waals surface area contributed by atoms with Crippen LogP contribution in [-0.4, -0.2) is 27.9 Å². The molecule has 166 valence electrons. The van der Waals surface area contributed by atoms with Gasteiger partial charge in [-0.1, -0.05) is 17.7 Å². The highest BCUT2D eigenvalue weighted by atomic mass is 35.5. The second kappa shape index (κ2) is 8.01. The van der Waals surface area contributed by atoms with Crippen LogP contribution in [0.4, 0.5) is 20.3 Å². The Morgan fingerprint density at radius 1 is 1.25 bits per heavy atom. The van der Waals surface area contributed by atoms with Crippen LogP contribution in [0.1, 0.15) is 11.4 Å². The third kappa shape index (κ3) is 3.64. The Bertz CT molecular complexity index is 1470. The van der Waals surface area contributed by atoms with E-state index in [2.05, 4.69) is 9.97 Å². The highest BCUT2D eigenvalue weighted by molar-refractivity contribution is 7.92. The van der Waals surface area contributed by atoms with E-state index in [-0.39, 0.29) is 27.7 Å². The first-order valence-electron chi connectivity index (χ1n) is 9.13. The number of benzene rings is 2. The maximum absolute atomic E-state index is 15.4. The molecule has 12 heteroatoms. The number of hydrogen-bond donors (Lipinski definition) is 3. The number of aryl methyl sites for hydroxylation is 1. The van der Waals surface area contributed by atoms with Crippen molar-refractivity contribution in [2.24, 2.45) is 0 Å². The summed E-state index contributed by atoms with van der Waals surface area (Å²) in [5, 5.41) is 9.14. The van der Waals surface area contributed by atoms with Crippen molar-refractivity contribution in [3.05, 3.63) is 70.8 Å². The first kappa shape index (κ1) is 21.9. The lowest BCUT2D eigenvalue weighted by Crippen LogP contribution is -2.16. The summed E-state index contributed by atoms with van der Waals surface area (Å²) in [4.78, 5) is 7.52. The molecule has 4 aromatic rings. The second-order valence-electron chi connectivity index (χ2n) is 6.85. The molecule has 0 bridgehead atoms. The Morgan fingerprint density at radius 3 is 2.72 bits per heavy atom. The van der Waals surface area contributed by atoms with Gasteiger partial charge in [-0.05, 0) is 31.2 Å². The van der Waals surface area contributed by atoms with Crippen molar-refractivity contribution in [2.45, 2.75) is 18.4 Å². The number of aliphatic hydroxyl groups is 1. The third-order valence-electron chi connectivity index (χ3n) is 4.80. The molecule has 2 aromatic carbocycles. The van der Waals surface area contributed by atoms with E-state index in [1.165, 1.54) is 24.4 Å². The molecule has 0 aliphatic carbocycles. The lowest BCUT2D eigenvalue weighted by atomic mass is 10.1. The van der Waals surface area contributed by atoms with Gasteiger partial charge in [0.1, 0.15) is 33.6 Å². The minimum Gasteiger partial charge on any atom is -0.392 e. The molecule has 4 N–H and O–H groups in total. The minimum absolute atomic E-state index is 0.0295. The Labute approximate surface area is 186 Å². The molecular weight excluding hydrogens is 464 g/mol. The average Bonchev–Trinajstić information content (AvgIpc) is 3.08. The van der Waals surface area contributed by atoms with Crippen molar-refractivity contribution in [1.29, 1.82) is 0 Å². The summed E-state index contributed by atoms with van der Waals surface area (Å²) < 4.78 is 59.2. The Hall–Kier alpha value is -3.28. The Morgan fingerprint density at radius 2 is 2.00 bits per heavy atom. The van der Waals surface area contributed by atoms with E-state index in [0.29, 0.717) is 11.3 Å². The number of hydrogen-bond acceptors (Lipinski definition) is 6. The van der Waals surface area contributed by atoms with E-state index >= 15 is 4.39 Å². The third-order valence-corrected chi connectivity index (χ3v) is 6.38. The number of anilines is 2. The Kier molecular flexibility index (Phi) is 5.49. The zero-order valence-electron chi connectivity index (χ0n) is 16.5. The summed E-state index contributed by atoms with van der Waals surface area (Å²) >= 11 is 5.85. The molecule has 4 rings (SSSR count). The first-order valence-corrected chi connectivity index (χ1v) is 11.0. The highest BCUT2D eigenvalue weighted by Crippen LogP contribution is 2.34. The van der Waals surface area contributed by atoms with Gasteiger partial charge in [0.25, 0.3) is 10.0 Å². The standard InChI is InChI=1S/C20H16ClF2N5O3S/c1-10-26-18(19-20(24)25-5-6-28(10)19)13-3-2-4-14(17(13)23)27-32(30,31)15-8-12(21)7-11(9-29)16(15)22/h2-8,27,29H,9H2,1H3,(H2,24,25). The van der Waals surface area contributed by atoms with Gasteiger partial charge >= 0.3 is 0 Å². The number of nitrogens with one attached hydrogen (secondary N) is 1. The number of rotatable bonds is 5. The molecule has 2 heterocycles. The molecule has 0 spiro atoms. The van der Waals surface area contributed by atoms with Gasteiger partial charge in [0, 0.05) is 28.5 Å².